The fourth-order valence-electron chi connectivity index (χ4n) is 4.85. The Labute approximate surface area is 191 Å². The van der Waals surface area contributed by atoms with E-state index < -0.39 is 22.4 Å². The molecule has 2 aliphatic carbocycles. The molecular weight excluding hydrogens is 436 g/mol. The molecule has 1 aromatic carbocycles. The number of carboxylic acids is 1. The predicted octanol–water partition coefficient (Wildman–Crippen LogP) is 4.02. The molecule has 4 rings (SSSR count). The average molecular weight is 467 g/mol. The van der Waals surface area contributed by atoms with E-state index in [-0.39, 0.29) is 29.7 Å². The molecule has 170 valence electrons. The molecule has 1 N–H and O–H groups in total. The van der Waals surface area contributed by atoms with Crippen LogP contribution in [0.4, 0.5) is 0 Å². The molecule has 8 heteroatoms. The Morgan fingerprint density at radius 3 is 2.45 bits per heavy atom. The molecule has 2 unspecified atom stereocenters. The van der Waals surface area contributed by atoms with Crippen LogP contribution in [-0.2, 0) is 20.6 Å². The van der Waals surface area contributed by atoms with Crippen LogP contribution >= 0.6 is 11.6 Å². The van der Waals surface area contributed by atoms with Crippen LogP contribution in [0.1, 0.15) is 63.5 Å². The first-order valence-corrected chi connectivity index (χ1v) is 12.7. The Balaban J connectivity index is 1.66. The van der Waals surface area contributed by atoms with Gasteiger partial charge in [0.2, 0.25) is 5.91 Å². The maximum atomic E-state index is 13.8. The molecule has 1 aliphatic heterocycles. The van der Waals surface area contributed by atoms with Crippen molar-refractivity contribution in [3.05, 3.63) is 34.9 Å². The van der Waals surface area contributed by atoms with Crippen LogP contribution in [0.5, 0.6) is 0 Å². The van der Waals surface area contributed by atoms with E-state index in [9.17, 15) is 18.9 Å². The van der Waals surface area contributed by atoms with Crippen LogP contribution in [0, 0.1) is 11.3 Å². The summed E-state index contributed by atoms with van der Waals surface area (Å²) in [7, 11) is 0.847. The normalized spacial score (nSPS) is 28.6. The maximum absolute atomic E-state index is 13.8. The van der Waals surface area contributed by atoms with Gasteiger partial charge < -0.3 is 10.0 Å². The highest BCUT2D eigenvalue weighted by atomic mass is 35.5. The van der Waals surface area contributed by atoms with E-state index in [4.69, 9.17) is 11.6 Å². The lowest BCUT2D eigenvalue weighted by Gasteiger charge is -2.48. The van der Waals surface area contributed by atoms with E-state index in [0.717, 1.165) is 31.2 Å². The standard InChI is InChI=1S/C23H31ClN2O4S/c1-23(13-21(27)28)12-11-19(15-5-7-17(24)8-6-15)26(22(23)29)20(16-3-4-16)14-25(2)31(30)18-9-10-18/h5-8,16,18-20H,3-4,9-14H2,1-2H3,(H,27,28)/t19-,20?,23+,31?/m0/s1. The first-order chi connectivity index (χ1) is 14.7. The van der Waals surface area contributed by atoms with Crippen LogP contribution in [0.15, 0.2) is 24.3 Å². The zero-order chi connectivity index (χ0) is 22.3. The van der Waals surface area contributed by atoms with Crippen molar-refractivity contribution in [1.82, 2.24) is 9.21 Å². The Bertz CT molecular complexity index is 871. The number of likely N-dealkylation sites (N-methyl/N-ethyl adjacent to an activating group) is 1. The number of amides is 1. The number of carboxylic acid groups (broad SMARTS) is 1. The lowest BCUT2D eigenvalue weighted by molar-refractivity contribution is -0.159. The van der Waals surface area contributed by atoms with Crippen molar-refractivity contribution < 1.29 is 18.9 Å². The molecule has 1 heterocycles. The van der Waals surface area contributed by atoms with Crippen molar-refractivity contribution in [2.24, 2.45) is 11.3 Å². The highest BCUT2D eigenvalue weighted by molar-refractivity contribution is 7.83. The number of aliphatic carboxylic acids is 1. The van der Waals surface area contributed by atoms with E-state index in [1.165, 1.54) is 0 Å². The van der Waals surface area contributed by atoms with Gasteiger partial charge in [0.15, 0.2) is 0 Å². The number of hydrogen-bond acceptors (Lipinski definition) is 3. The van der Waals surface area contributed by atoms with Crippen molar-refractivity contribution >= 4 is 34.5 Å². The molecule has 0 aromatic heterocycles. The Morgan fingerprint density at radius 2 is 1.90 bits per heavy atom. The first kappa shape index (κ1) is 22.7. The zero-order valence-corrected chi connectivity index (χ0v) is 19.7. The van der Waals surface area contributed by atoms with E-state index in [2.05, 4.69) is 0 Å². The SMILES string of the molecule is CN(CC(C1CC1)N1C(=O)[C@@](C)(CC(=O)O)CC[C@H]1c1ccc(Cl)cc1)S(=O)C1CC1. The number of piperidine rings is 1. The fourth-order valence-corrected chi connectivity index (χ4v) is 6.33. The molecule has 0 radical (unpaired) electrons. The number of likely N-dealkylation sites (tertiary alicyclic amines) is 1. The quantitative estimate of drug-likeness (QED) is 0.596. The minimum atomic E-state index is -1.03. The number of carbonyl (C=O) groups excluding carboxylic acids is 1. The molecular formula is C23H31ClN2O4S. The minimum Gasteiger partial charge on any atom is -0.481 e. The molecule has 0 bridgehead atoms. The topological polar surface area (TPSA) is 77.9 Å². The van der Waals surface area contributed by atoms with Gasteiger partial charge in [-0.25, -0.2) is 8.51 Å². The minimum absolute atomic E-state index is 0.0747. The average Bonchev–Trinajstić information content (AvgIpc) is 3.61. The van der Waals surface area contributed by atoms with Gasteiger partial charge in [0.1, 0.15) is 0 Å². The smallest absolute Gasteiger partial charge is 0.304 e. The van der Waals surface area contributed by atoms with Gasteiger partial charge in [-0.2, -0.15) is 0 Å². The molecule has 31 heavy (non-hydrogen) atoms. The van der Waals surface area contributed by atoms with Gasteiger partial charge in [-0.05, 0) is 69.2 Å². The summed E-state index contributed by atoms with van der Waals surface area (Å²) in [4.78, 5) is 27.3. The highest BCUT2D eigenvalue weighted by Gasteiger charge is 2.51. The number of nitrogens with zero attached hydrogens (tertiary/aromatic N) is 2. The van der Waals surface area contributed by atoms with E-state index >= 15 is 0 Å². The second kappa shape index (κ2) is 8.83. The summed E-state index contributed by atoms with van der Waals surface area (Å²) in [5, 5.41) is 10.3. The van der Waals surface area contributed by atoms with Gasteiger partial charge >= 0.3 is 5.97 Å². The van der Waals surface area contributed by atoms with Crippen LogP contribution in [0.2, 0.25) is 5.02 Å². The number of halogens is 1. The van der Waals surface area contributed by atoms with E-state index in [1.54, 1.807) is 6.92 Å². The Morgan fingerprint density at radius 1 is 1.26 bits per heavy atom. The van der Waals surface area contributed by atoms with Crippen molar-refractivity contribution in [2.75, 3.05) is 13.6 Å². The summed E-state index contributed by atoms with van der Waals surface area (Å²) in [6.07, 6.45) is 5.15. The number of rotatable bonds is 9. The Kier molecular flexibility index (Phi) is 6.48. The van der Waals surface area contributed by atoms with Crippen molar-refractivity contribution in [3.63, 3.8) is 0 Å². The largest absolute Gasteiger partial charge is 0.481 e. The number of hydrogen-bond donors (Lipinski definition) is 1. The second-order valence-electron chi connectivity index (χ2n) is 9.64. The summed E-state index contributed by atoms with van der Waals surface area (Å²) >= 11 is 6.09. The molecule has 4 atom stereocenters. The zero-order valence-electron chi connectivity index (χ0n) is 18.1. The molecule has 3 aliphatic rings. The fraction of sp³-hybridized carbons (Fsp3) is 0.652. The summed E-state index contributed by atoms with van der Waals surface area (Å²) in [6, 6.07) is 7.40. The van der Waals surface area contributed by atoms with Gasteiger partial charge in [0.05, 0.1) is 28.9 Å². The van der Waals surface area contributed by atoms with Crippen LogP contribution in [0.3, 0.4) is 0 Å². The molecule has 1 amide bonds. The van der Waals surface area contributed by atoms with Gasteiger partial charge in [-0.15, -0.1) is 0 Å². The highest BCUT2D eigenvalue weighted by Crippen LogP contribution is 2.48. The number of benzene rings is 1. The molecule has 3 fully saturated rings. The summed E-state index contributed by atoms with van der Waals surface area (Å²) in [5.41, 5.74) is 0.0996. The summed E-state index contributed by atoms with van der Waals surface area (Å²) < 4.78 is 14.6. The van der Waals surface area contributed by atoms with Crippen molar-refractivity contribution in [3.8, 4) is 0 Å². The first-order valence-electron chi connectivity index (χ1n) is 11.1. The van der Waals surface area contributed by atoms with Gasteiger partial charge in [-0.3, -0.25) is 9.59 Å². The second-order valence-corrected chi connectivity index (χ2v) is 11.9. The van der Waals surface area contributed by atoms with E-state index in [1.807, 2.05) is 40.5 Å². The number of carbonyl (C=O) groups is 2. The predicted molar refractivity (Wildman–Crippen MR) is 121 cm³/mol. The lowest BCUT2D eigenvalue weighted by atomic mass is 9.74. The molecule has 1 saturated heterocycles. The molecule has 0 spiro atoms. The van der Waals surface area contributed by atoms with Gasteiger partial charge in [-0.1, -0.05) is 30.7 Å². The third-order valence-electron chi connectivity index (χ3n) is 6.94. The molecule has 1 aromatic rings. The Hall–Kier alpha value is -1.44. The van der Waals surface area contributed by atoms with E-state index in [0.29, 0.717) is 30.3 Å². The van der Waals surface area contributed by atoms with Crippen LogP contribution < -0.4 is 0 Å². The van der Waals surface area contributed by atoms with Crippen LogP contribution in [0.25, 0.3) is 0 Å². The van der Waals surface area contributed by atoms with Crippen molar-refractivity contribution in [2.45, 2.75) is 69.2 Å². The van der Waals surface area contributed by atoms with Crippen molar-refractivity contribution in [1.29, 1.82) is 0 Å². The third kappa shape index (κ3) is 4.99. The maximum Gasteiger partial charge on any atom is 0.304 e. The monoisotopic (exact) mass is 466 g/mol. The molecule has 2 saturated carbocycles. The van der Waals surface area contributed by atoms with Crippen LogP contribution in [-0.4, -0.2) is 55.3 Å². The molecule has 6 nitrogen and oxygen atoms in total. The summed E-state index contributed by atoms with van der Waals surface area (Å²) in [6.45, 7) is 2.33. The third-order valence-corrected chi connectivity index (χ3v) is 8.99. The summed E-state index contributed by atoms with van der Waals surface area (Å²) in [5.74, 6) is -0.677. The lowest BCUT2D eigenvalue weighted by Crippen LogP contribution is -2.57. The van der Waals surface area contributed by atoms with Gasteiger partial charge in [0, 0.05) is 22.9 Å². The van der Waals surface area contributed by atoms with Gasteiger partial charge in [0.25, 0.3) is 0 Å².